The molecule has 0 spiro atoms. The second-order valence-corrected chi connectivity index (χ2v) is 9.58. The maximum absolute atomic E-state index is 13.3. The molecular formula is C25H33N3O6. The van der Waals surface area contributed by atoms with E-state index in [1.807, 2.05) is 13.0 Å². The lowest BCUT2D eigenvalue weighted by molar-refractivity contribution is -0.159. The summed E-state index contributed by atoms with van der Waals surface area (Å²) in [7, 11) is 0. The van der Waals surface area contributed by atoms with E-state index in [4.69, 9.17) is 9.15 Å². The highest BCUT2D eigenvalue weighted by atomic mass is 16.5. The van der Waals surface area contributed by atoms with Crippen molar-refractivity contribution in [3.63, 3.8) is 0 Å². The van der Waals surface area contributed by atoms with Gasteiger partial charge in [-0.3, -0.25) is 19.4 Å². The van der Waals surface area contributed by atoms with E-state index in [1.165, 1.54) is 6.92 Å². The third kappa shape index (κ3) is 5.41. The van der Waals surface area contributed by atoms with E-state index in [-0.39, 0.29) is 24.0 Å². The van der Waals surface area contributed by atoms with Crippen LogP contribution in [-0.4, -0.2) is 70.8 Å². The topological polar surface area (TPSA) is 113 Å². The molecule has 9 nitrogen and oxygen atoms in total. The number of Topliss-reactive ketones (excluding diaryl/α,β-unsaturated/α-hetero) is 1. The molecule has 9 heteroatoms. The Morgan fingerprint density at radius 1 is 1.09 bits per heavy atom. The van der Waals surface area contributed by atoms with Crippen LogP contribution in [0.4, 0.5) is 0 Å². The molecule has 1 aromatic carbocycles. The van der Waals surface area contributed by atoms with Crippen LogP contribution in [0.25, 0.3) is 11.1 Å². The Labute approximate surface area is 198 Å². The Morgan fingerprint density at radius 3 is 2.38 bits per heavy atom. The van der Waals surface area contributed by atoms with Crippen LogP contribution < -0.4 is 5.76 Å². The number of piperidine rings is 2. The number of oxazole rings is 1. The van der Waals surface area contributed by atoms with Crippen LogP contribution >= 0.6 is 0 Å². The number of amides is 1. The summed E-state index contributed by atoms with van der Waals surface area (Å²) in [5.41, 5.74) is 2.62. The summed E-state index contributed by atoms with van der Waals surface area (Å²) in [5.74, 6) is -0.768. The summed E-state index contributed by atoms with van der Waals surface area (Å²) in [5, 5.41) is 0. The minimum atomic E-state index is -0.928. The van der Waals surface area contributed by atoms with E-state index in [2.05, 4.69) is 9.88 Å². The lowest BCUT2D eigenvalue weighted by Crippen LogP contribution is -2.51. The van der Waals surface area contributed by atoms with Gasteiger partial charge in [0.25, 0.3) is 5.91 Å². The maximum atomic E-state index is 13.3. The Bertz CT molecular complexity index is 1120. The first-order valence-corrected chi connectivity index (χ1v) is 12.0. The number of carbonyl (C=O) groups is 3. The van der Waals surface area contributed by atoms with Gasteiger partial charge in [-0.1, -0.05) is 6.07 Å². The van der Waals surface area contributed by atoms with Gasteiger partial charge in [-0.15, -0.1) is 0 Å². The van der Waals surface area contributed by atoms with Crippen LogP contribution in [0.1, 0.15) is 50.7 Å². The van der Waals surface area contributed by atoms with E-state index in [0.717, 1.165) is 49.9 Å². The zero-order chi connectivity index (χ0) is 24.4. The molecule has 2 saturated heterocycles. The second-order valence-electron chi connectivity index (χ2n) is 9.58. The second kappa shape index (κ2) is 10.1. The largest absolute Gasteiger partial charge is 0.452 e. The third-order valence-corrected chi connectivity index (χ3v) is 7.19. The number of nitrogens with zero attached hydrogens (tertiary/aromatic N) is 2. The van der Waals surface area contributed by atoms with Gasteiger partial charge in [0.15, 0.2) is 11.7 Å². The van der Waals surface area contributed by atoms with Gasteiger partial charge < -0.3 is 19.0 Å². The van der Waals surface area contributed by atoms with Crippen molar-refractivity contribution < 1.29 is 23.5 Å². The summed E-state index contributed by atoms with van der Waals surface area (Å²) < 4.78 is 10.6. The van der Waals surface area contributed by atoms with Gasteiger partial charge in [-0.2, -0.15) is 0 Å². The molecular weight excluding hydrogens is 438 g/mol. The molecule has 4 rings (SSSR count). The number of hydrogen-bond donors (Lipinski definition) is 1. The fourth-order valence-electron chi connectivity index (χ4n) is 5.33. The van der Waals surface area contributed by atoms with Crippen molar-refractivity contribution in [2.45, 2.75) is 65.0 Å². The van der Waals surface area contributed by atoms with Gasteiger partial charge in [0.2, 0.25) is 0 Å². The number of carbonyl (C=O) groups excluding carboxylic acids is 3. The summed E-state index contributed by atoms with van der Waals surface area (Å²) in [6.45, 7) is 7.90. The van der Waals surface area contributed by atoms with E-state index in [0.29, 0.717) is 30.2 Å². The van der Waals surface area contributed by atoms with Crippen molar-refractivity contribution in [1.29, 1.82) is 0 Å². The van der Waals surface area contributed by atoms with E-state index < -0.39 is 17.8 Å². The third-order valence-electron chi connectivity index (χ3n) is 7.19. The van der Waals surface area contributed by atoms with E-state index in [1.54, 1.807) is 17.9 Å². The zero-order valence-electron chi connectivity index (χ0n) is 20.1. The minimum Gasteiger partial charge on any atom is -0.452 e. The van der Waals surface area contributed by atoms with Crippen molar-refractivity contribution >= 4 is 28.8 Å². The van der Waals surface area contributed by atoms with Crippen molar-refractivity contribution in [1.82, 2.24) is 14.8 Å². The van der Waals surface area contributed by atoms with Crippen LogP contribution in [0.5, 0.6) is 0 Å². The minimum absolute atomic E-state index is 0.185. The summed E-state index contributed by atoms with van der Waals surface area (Å²) in [6, 6.07) is 3.99. The molecule has 2 fully saturated rings. The molecule has 0 saturated carbocycles. The predicted octanol–water partition coefficient (Wildman–Crippen LogP) is 2.20. The number of ether oxygens (including phenoxy) is 1. The monoisotopic (exact) mass is 471 g/mol. The van der Waals surface area contributed by atoms with Crippen LogP contribution in [0, 0.1) is 12.8 Å². The molecule has 1 amide bonds. The number of aryl methyl sites for hydroxylation is 1. The highest BCUT2D eigenvalue weighted by molar-refractivity contribution is 5.84. The molecule has 0 radical (unpaired) electrons. The van der Waals surface area contributed by atoms with Gasteiger partial charge >= 0.3 is 11.7 Å². The Balaban J connectivity index is 1.39. The SMILES string of the molecule is CC(=O)O[C@H](Cc1cc(C)c2[nH]c(=O)oc2c1)C(=O)N1CCC(N2CCC(C(C)=O)CC2)CC1. The number of hydrogen-bond acceptors (Lipinski definition) is 7. The molecule has 0 aliphatic carbocycles. The molecule has 0 bridgehead atoms. The lowest BCUT2D eigenvalue weighted by atomic mass is 9.91. The number of rotatable bonds is 6. The highest BCUT2D eigenvalue weighted by Gasteiger charge is 2.34. The number of aromatic nitrogens is 1. The van der Waals surface area contributed by atoms with Crippen molar-refractivity contribution in [2.75, 3.05) is 26.2 Å². The average molecular weight is 472 g/mol. The molecule has 2 aliphatic heterocycles. The zero-order valence-corrected chi connectivity index (χ0v) is 20.1. The Morgan fingerprint density at radius 2 is 1.76 bits per heavy atom. The van der Waals surface area contributed by atoms with Crippen molar-refractivity contribution in [3.8, 4) is 0 Å². The van der Waals surface area contributed by atoms with E-state index >= 15 is 0 Å². The number of aromatic amines is 1. The molecule has 2 aromatic rings. The lowest BCUT2D eigenvalue weighted by Gasteiger charge is -2.42. The molecule has 3 heterocycles. The Hall–Kier alpha value is -2.94. The van der Waals surface area contributed by atoms with E-state index in [9.17, 15) is 19.2 Å². The van der Waals surface area contributed by atoms with Crippen molar-refractivity contribution in [3.05, 3.63) is 33.8 Å². The summed E-state index contributed by atoms with van der Waals surface area (Å²) >= 11 is 0. The van der Waals surface area contributed by atoms with Crippen LogP contribution in [0.2, 0.25) is 0 Å². The smallest absolute Gasteiger partial charge is 0.417 e. The quantitative estimate of drug-likeness (QED) is 0.643. The van der Waals surface area contributed by atoms with Crippen LogP contribution in [0.3, 0.4) is 0 Å². The fraction of sp³-hybridized carbons (Fsp3) is 0.600. The predicted molar refractivity (Wildman–Crippen MR) is 125 cm³/mol. The number of benzene rings is 1. The molecule has 1 aromatic heterocycles. The van der Waals surface area contributed by atoms with Gasteiger partial charge in [0, 0.05) is 38.4 Å². The van der Waals surface area contributed by atoms with Crippen LogP contribution in [-0.2, 0) is 25.5 Å². The molecule has 1 N–H and O–H groups in total. The number of fused-ring (bicyclic) bond motifs is 1. The average Bonchev–Trinajstić information content (AvgIpc) is 3.19. The first-order chi connectivity index (χ1) is 16.2. The molecule has 34 heavy (non-hydrogen) atoms. The van der Waals surface area contributed by atoms with Gasteiger partial charge in [-0.05, 0) is 69.8 Å². The van der Waals surface area contributed by atoms with Crippen molar-refractivity contribution in [2.24, 2.45) is 5.92 Å². The number of ketones is 1. The number of H-pyrrole nitrogens is 1. The van der Waals surface area contributed by atoms with Gasteiger partial charge in [0.05, 0.1) is 5.52 Å². The van der Waals surface area contributed by atoms with Gasteiger partial charge in [0.1, 0.15) is 5.78 Å². The Kier molecular flexibility index (Phi) is 7.21. The molecule has 0 unspecified atom stereocenters. The number of nitrogens with one attached hydrogen (secondary N) is 1. The molecule has 184 valence electrons. The fourth-order valence-corrected chi connectivity index (χ4v) is 5.33. The number of esters is 1. The molecule has 2 aliphatic rings. The standard InChI is InChI=1S/C25H33N3O6/c1-15-12-18(13-21-23(15)26-25(32)34-21)14-22(33-17(3)30)24(31)28-10-6-20(7-11-28)27-8-4-19(5-9-27)16(2)29/h12-13,19-20,22H,4-11,14H2,1-3H3,(H,26,32)/t22-/m1/s1. The first kappa shape index (κ1) is 24.2. The maximum Gasteiger partial charge on any atom is 0.417 e. The first-order valence-electron chi connectivity index (χ1n) is 12.0. The highest BCUT2D eigenvalue weighted by Crippen LogP contribution is 2.25. The molecule has 1 atom stereocenters. The number of likely N-dealkylation sites (tertiary alicyclic amines) is 2. The summed E-state index contributed by atoms with van der Waals surface area (Å²) in [4.78, 5) is 55.1. The normalized spacial score (nSPS) is 19.3. The summed E-state index contributed by atoms with van der Waals surface area (Å²) in [6.07, 6.45) is 2.83. The van der Waals surface area contributed by atoms with Crippen LogP contribution in [0.15, 0.2) is 21.3 Å². The van der Waals surface area contributed by atoms with Gasteiger partial charge in [-0.25, -0.2) is 4.79 Å².